The molecule has 0 spiro atoms. The van der Waals surface area contributed by atoms with Crippen molar-refractivity contribution in [1.82, 2.24) is 0 Å². The number of phenolic OH excluding ortho intramolecular Hbond substituents is 2. The van der Waals surface area contributed by atoms with Gasteiger partial charge in [0, 0.05) is 0 Å². The Bertz CT molecular complexity index is 1180. The molecule has 42 heavy (non-hydrogen) atoms. The Morgan fingerprint density at radius 1 is 0.452 bits per heavy atom. The number of aromatic carboxylic acids is 2. The average Bonchev–Trinajstić information content (AvgIpc) is 3.01. The first-order valence-electron chi connectivity index (χ1n) is 12.9. The fraction of sp³-hybridized carbons (Fsp3) is 0.188. The molecule has 0 saturated heterocycles. The molecule has 0 aliphatic rings. The molecule has 0 fully saturated rings. The lowest BCUT2D eigenvalue weighted by molar-refractivity contribution is 0.0273. The van der Waals surface area contributed by atoms with Gasteiger partial charge in [0.25, 0.3) is 0 Å². The van der Waals surface area contributed by atoms with Crippen molar-refractivity contribution in [3.8, 4) is 23.0 Å². The third-order valence-corrected chi connectivity index (χ3v) is 5.08. The van der Waals surface area contributed by atoms with Crippen molar-refractivity contribution >= 4 is 11.9 Å². The first kappa shape index (κ1) is 33.1. The third kappa shape index (κ3) is 14.9. The summed E-state index contributed by atoms with van der Waals surface area (Å²) in [5, 5.41) is 35.1. The van der Waals surface area contributed by atoms with Gasteiger partial charge in [-0.25, -0.2) is 9.59 Å². The number of phenols is 2. The predicted octanol–water partition coefficient (Wildman–Crippen LogP) is 5.36. The number of benzene rings is 4. The van der Waals surface area contributed by atoms with E-state index in [4.69, 9.17) is 39.4 Å². The van der Waals surface area contributed by atoms with Gasteiger partial charge >= 0.3 is 11.9 Å². The van der Waals surface area contributed by atoms with E-state index in [0.29, 0.717) is 62.3 Å². The standard InChI is InChI=1S/C18H22O6.2C7H6O2/c19-15-1-5-17(6-2-15)23-13-11-21-9-10-22-12-14-24-18-7-3-16(20)4-8-18;2*8-7(9)6-4-2-1-3-5-6/h1-8,19-20H,9-14H2;2*1-5H,(H,8,9). The summed E-state index contributed by atoms with van der Waals surface area (Å²) in [5.41, 5.74) is 0.662. The number of ether oxygens (including phenoxy) is 4. The maximum absolute atomic E-state index is 10.2. The molecule has 0 aromatic heterocycles. The van der Waals surface area contributed by atoms with Gasteiger partial charge in [0.1, 0.15) is 36.2 Å². The minimum Gasteiger partial charge on any atom is -0.508 e. The summed E-state index contributed by atoms with van der Waals surface area (Å²) in [6.07, 6.45) is 0. The molecular weight excluding hydrogens is 544 g/mol. The number of carbonyl (C=O) groups is 2. The van der Waals surface area contributed by atoms with Gasteiger partial charge in [-0.3, -0.25) is 0 Å². The van der Waals surface area contributed by atoms with Crippen LogP contribution in [0.1, 0.15) is 20.7 Å². The fourth-order valence-electron chi connectivity index (χ4n) is 3.01. The van der Waals surface area contributed by atoms with Crippen LogP contribution in [0.15, 0.2) is 109 Å². The van der Waals surface area contributed by atoms with Crippen molar-refractivity contribution in [3.05, 3.63) is 120 Å². The predicted molar refractivity (Wildman–Crippen MR) is 156 cm³/mol. The summed E-state index contributed by atoms with van der Waals surface area (Å²) >= 11 is 0. The van der Waals surface area contributed by atoms with Gasteiger partial charge in [-0.15, -0.1) is 0 Å². The van der Waals surface area contributed by atoms with Crippen LogP contribution in [-0.4, -0.2) is 72.0 Å². The van der Waals surface area contributed by atoms with Gasteiger partial charge in [0.05, 0.1) is 37.6 Å². The van der Waals surface area contributed by atoms with E-state index >= 15 is 0 Å². The van der Waals surface area contributed by atoms with Crippen LogP contribution in [0.3, 0.4) is 0 Å². The van der Waals surface area contributed by atoms with E-state index < -0.39 is 11.9 Å². The number of hydrogen-bond donors (Lipinski definition) is 4. The van der Waals surface area contributed by atoms with Gasteiger partial charge in [0.15, 0.2) is 0 Å². The Morgan fingerprint density at radius 2 is 0.762 bits per heavy atom. The number of aromatic hydroxyl groups is 2. The Morgan fingerprint density at radius 3 is 1.05 bits per heavy atom. The Kier molecular flexibility index (Phi) is 15.7. The minimum atomic E-state index is -0.879. The maximum atomic E-state index is 10.2. The molecule has 0 unspecified atom stereocenters. The normalized spacial score (nSPS) is 9.81. The quantitative estimate of drug-likeness (QED) is 0.153. The number of carboxylic acids is 2. The molecule has 0 radical (unpaired) electrons. The van der Waals surface area contributed by atoms with Crippen molar-refractivity contribution in [2.75, 3.05) is 39.6 Å². The summed E-state index contributed by atoms with van der Waals surface area (Å²) in [5.74, 6) is 0.0551. The van der Waals surface area contributed by atoms with Gasteiger partial charge < -0.3 is 39.4 Å². The van der Waals surface area contributed by atoms with Crippen LogP contribution in [0.2, 0.25) is 0 Å². The van der Waals surface area contributed by atoms with Crippen LogP contribution in [-0.2, 0) is 9.47 Å². The second-order valence-electron chi connectivity index (χ2n) is 8.25. The molecule has 0 bridgehead atoms. The Labute approximate surface area is 243 Å². The highest BCUT2D eigenvalue weighted by molar-refractivity contribution is 5.87. The van der Waals surface area contributed by atoms with Crippen LogP contribution in [0.25, 0.3) is 0 Å². The smallest absolute Gasteiger partial charge is 0.335 e. The lowest BCUT2D eigenvalue weighted by Crippen LogP contribution is -2.13. The van der Waals surface area contributed by atoms with E-state index in [9.17, 15) is 9.59 Å². The molecule has 4 rings (SSSR count). The molecule has 0 heterocycles. The molecule has 0 aliphatic heterocycles. The Balaban J connectivity index is 0.000000277. The molecule has 4 aromatic carbocycles. The summed E-state index contributed by atoms with van der Waals surface area (Å²) in [6.45, 7) is 2.78. The van der Waals surface area contributed by atoms with Crippen molar-refractivity contribution in [3.63, 3.8) is 0 Å². The van der Waals surface area contributed by atoms with Crippen LogP contribution >= 0.6 is 0 Å². The van der Waals surface area contributed by atoms with E-state index in [0.717, 1.165) is 0 Å². The highest BCUT2D eigenvalue weighted by Crippen LogP contribution is 2.16. The number of carboxylic acid groups (broad SMARTS) is 2. The second kappa shape index (κ2) is 19.9. The van der Waals surface area contributed by atoms with E-state index in [1.807, 2.05) is 0 Å². The topological polar surface area (TPSA) is 152 Å². The van der Waals surface area contributed by atoms with Gasteiger partial charge in [-0.2, -0.15) is 0 Å². The lowest BCUT2D eigenvalue weighted by Gasteiger charge is -2.09. The Hall–Kier alpha value is -5.06. The van der Waals surface area contributed by atoms with Crippen molar-refractivity contribution < 1.29 is 49.0 Å². The fourth-order valence-corrected chi connectivity index (χ4v) is 3.01. The summed E-state index contributed by atoms with van der Waals surface area (Å²) in [4.78, 5) is 20.4. The first-order valence-corrected chi connectivity index (χ1v) is 12.9. The summed E-state index contributed by atoms with van der Waals surface area (Å²) in [6, 6.07) is 29.7. The molecule has 0 saturated carbocycles. The number of hydrogen-bond acceptors (Lipinski definition) is 8. The van der Waals surface area contributed by atoms with Crippen molar-refractivity contribution in [2.24, 2.45) is 0 Å². The SMILES string of the molecule is O=C(O)c1ccccc1.O=C(O)c1ccccc1.Oc1ccc(OCCOCCOCCOc2ccc(O)cc2)cc1. The minimum absolute atomic E-state index is 0.213. The monoisotopic (exact) mass is 578 g/mol. The third-order valence-electron chi connectivity index (χ3n) is 5.08. The van der Waals surface area contributed by atoms with Crippen LogP contribution in [0.4, 0.5) is 0 Å². The van der Waals surface area contributed by atoms with Crippen molar-refractivity contribution in [1.29, 1.82) is 0 Å². The molecule has 0 aliphatic carbocycles. The van der Waals surface area contributed by atoms with E-state index in [-0.39, 0.29) is 11.5 Å². The zero-order valence-electron chi connectivity index (χ0n) is 22.9. The number of rotatable bonds is 13. The van der Waals surface area contributed by atoms with Crippen LogP contribution in [0, 0.1) is 0 Å². The maximum Gasteiger partial charge on any atom is 0.335 e. The molecule has 222 valence electrons. The van der Waals surface area contributed by atoms with Gasteiger partial charge in [-0.05, 0) is 72.8 Å². The zero-order chi connectivity index (χ0) is 30.4. The van der Waals surface area contributed by atoms with Gasteiger partial charge in [-0.1, -0.05) is 36.4 Å². The van der Waals surface area contributed by atoms with Crippen LogP contribution < -0.4 is 9.47 Å². The molecular formula is C32H34O10. The van der Waals surface area contributed by atoms with E-state index in [2.05, 4.69) is 0 Å². The van der Waals surface area contributed by atoms with E-state index in [1.165, 1.54) is 0 Å². The summed E-state index contributed by atoms with van der Waals surface area (Å²) < 4.78 is 21.7. The summed E-state index contributed by atoms with van der Waals surface area (Å²) in [7, 11) is 0. The average molecular weight is 579 g/mol. The highest BCUT2D eigenvalue weighted by Gasteiger charge is 1.98. The zero-order valence-corrected chi connectivity index (χ0v) is 22.9. The molecule has 0 atom stereocenters. The van der Waals surface area contributed by atoms with Gasteiger partial charge in [0.2, 0.25) is 0 Å². The van der Waals surface area contributed by atoms with Crippen molar-refractivity contribution in [2.45, 2.75) is 0 Å². The first-order chi connectivity index (χ1) is 20.3. The molecule has 0 amide bonds. The second-order valence-corrected chi connectivity index (χ2v) is 8.25. The molecule has 10 heteroatoms. The molecule has 4 N–H and O–H groups in total. The van der Waals surface area contributed by atoms with Crippen LogP contribution in [0.5, 0.6) is 23.0 Å². The molecule has 10 nitrogen and oxygen atoms in total. The largest absolute Gasteiger partial charge is 0.508 e. The molecule has 4 aromatic rings. The van der Waals surface area contributed by atoms with E-state index in [1.54, 1.807) is 109 Å². The highest BCUT2D eigenvalue weighted by atomic mass is 16.6. The lowest BCUT2D eigenvalue weighted by atomic mass is 10.2.